The normalized spacial score (nSPS) is 12.1. The Balaban J connectivity index is 4.31. The van der Waals surface area contributed by atoms with Crippen LogP contribution in [0.1, 0.15) is 278 Å². The third-order valence-corrected chi connectivity index (χ3v) is 11.5. The summed E-state index contributed by atoms with van der Waals surface area (Å²) in [7, 11) is 0. The summed E-state index contributed by atoms with van der Waals surface area (Å²) in [5.41, 5.74) is 0. The van der Waals surface area contributed by atoms with Crippen molar-refractivity contribution in [1.29, 1.82) is 0 Å². The van der Waals surface area contributed by atoms with Gasteiger partial charge < -0.3 is 14.2 Å². The zero-order valence-corrected chi connectivity index (χ0v) is 39.5. The molecule has 0 aromatic heterocycles. The van der Waals surface area contributed by atoms with Gasteiger partial charge in [0.1, 0.15) is 13.2 Å². The fraction of sp³-hybridized carbons (Fsp3) is 0.868. The molecule has 0 unspecified atom stereocenters. The molecule has 0 N–H and O–H groups in total. The summed E-state index contributed by atoms with van der Waals surface area (Å²) in [6.07, 6.45) is 54.4. The highest BCUT2D eigenvalue weighted by molar-refractivity contribution is 5.71. The molecule has 0 rings (SSSR count). The molecule has 6 heteroatoms. The number of esters is 3. The Hall–Kier alpha value is -2.11. The molecule has 0 aliphatic rings. The van der Waals surface area contributed by atoms with Gasteiger partial charge in [-0.3, -0.25) is 14.4 Å². The van der Waals surface area contributed by atoms with Crippen LogP contribution in [-0.2, 0) is 28.6 Å². The minimum atomic E-state index is -0.767. The predicted octanol–water partition coefficient (Wildman–Crippen LogP) is 16.8. The van der Waals surface area contributed by atoms with E-state index in [0.29, 0.717) is 19.3 Å². The standard InChI is InChI=1S/C53H98O6/c1-4-7-10-13-16-19-22-24-26-27-28-30-31-34-37-40-43-46-52(55)58-49-50(48-57-51(54)45-42-39-36-33-21-18-15-12-9-6-3)59-53(56)47-44-41-38-35-32-29-25-23-20-17-14-11-8-5-2/h16,19,24,26,50H,4-15,17-18,20-23,25,27-49H2,1-3H3/b19-16-,26-24-/t50-/m1/s1. The van der Waals surface area contributed by atoms with Gasteiger partial charge in [-0.05, 0) is 51.4 Å². The Morgan fingerprint density at radius 2 is 0.610 bits per heavy atom. The Kier molecular flexibility index (Phi) is 46.8. The quantitative estimate of drug-likeness (QED) is 0.0263. The van der Waals surface area contributed by atoms with E-state index in [9.17, 15) is 14.4 Å². The number of hydrogen-bond acceptors (Lipinski definition) is 6. The van der Waals surface area contributed by atoms with Crippen molar-refractivity contribution < 1.29 is 28.6 Å². The molecule has 0 radical (unpaired) electrons. The number of allylic oxidation sites excluding steroid dienone is 4. The highest BCUT2D eigenvalue weighted by Crippen LogP contribution is 2.16. The molecule has 59 heavy (non-hydrogen) atoms. The topological polar surface area (TPSA) is 78.9 Å². The van der Waals surface area contributed by atoms with Crippen LogP contribution in [0, 0.1) is 0 Å². The highest BCUT2D eigenvalue weighted by Gasteiger charge is 2.19. The summed E-state index contributed by atoms with van der Waals surface area (Å²) in [6, 6.07) is 0. The maximum Gasteiger partial charge on any atom is 0.306 e. The van der Waals surface area contributed by atoms with Crippen LogP contribution in [0.5, 0.6) is 0 Å². The second-order valence-corrected chi connectivity index (χ2v) is 17.4. The molecule has 0 aliphatic heterocycles. The number of carbonyl (C=O) groups is 3. The lowest BCUT2D eigenvalue weighted by atomic mass is 10.0. The van der Waals surface area contributed by atoms with Crippen molar-refractivity contribution in [2.24, 2.45) is 0 Å². The van der Waals surface area contributed by atoms with E-state index >= 15 is 0 Å². The van der Waals surface area contributed by atoms with Crippen molar-refractivity contribution in [1.82, 2.24) is 0 Å². The van der Waals surface area contributed by atoms with Crippen molar-refractivity contribution in [2.45, 2.75) is 284 Å². The van der Waals surface area contributed by atoms with Gasteiger partial charge in [0.2, 0.25) is 0 Å². The molecule has 0 amide bonds. The minimum Gasteiger partial charge on any atom is -0.462 e. The number of rotatable bonds is 47. The van der Waals surface area contributed by atoms with Crippen LogP contribution in [0.4, 0.5) is 0 Å². The molecule has 346 valence electrons. The van der Waals surface area contributed by atoms with Gasteiger partial charge in [0.25, 0.3) is 0 Å². The summed E-state index contributed by atoms with van der Waals surface area (Å²) >= 11 is 0. The number of hydrogen-bond donors (Lipinski definition) is 0. The minimum absolute atomic E-state index is 0.0691. The largest absolute Gasteiger partial charge is 0.462 e. The van der Waals surface area contributed by atoms with Gasteiger partial charge in [0.05, 0.1) is 0 Å². The Morgan fingerprint density at radius 3 is 0.966 bits per heavy atom. The highest BCUT2D eigenvalue weighted by atomic mass is 16.6. The average Bonchev–Trinajstić information content (AvgIpc) is 3.23. The maximum absolute atomic E-state index is 12.8. The van der Waals surface area contributed by atoms with Crippen molar-refractivity contribution in [3.8, 4) is 0 Å². The first-order valence-electron chi connectivity index (χ1n) is 25.8. The maximum atomic E-state index is 12.8. The van der Waals surface area contributed by atoms with Crippen LogP contribution < -0.4 is 0 Å². The summed E-state index contributed by atoms with van der Waals surface area (Å²) < 4.78 is 16.8. The summed E-state index contributed by atoms with van der Waals surface area (Å²) in [5.74, 6) is -0.865. The first kappa shape index (κ1) is 56.9. The molecule has 0 saturated carbocycles. The van der Waals surface area contributed by atoms with Crippen molar-refractivity contribution in [3.05, 3.63) is 24.3 Å². The predicted molar refractivity (Wildman–Crippen MR) is 252 cm³/mol. The summed E-state index contributed by atoms with van der Waals surface area (Å²) in [5, 5.41) is 0. The molecule has 0 bridgehead atoms. The van der Waals surface area contributed by atoms with Gasteiger partial charge in [-0.1, -0.05) is 231 Å². The lowest BCUT2D eigenvalue weighted by molar-refractivity contribution is -0.167. The fourth-order valence-corrected chi connectivity index (χ4v) is 7.53. The molecule has 0 aromatic carbocycles. The average molecular weight is 831 g/mol. The molecule has 0 aromatic rings. The first-order chi connectivity index (χ1) is 29.0. The summed E-state index contributed by atoms with van der Waals surface area (Å²) in [4.78, 5) is 37.9. The van der Waals surface area contributed by atoms with Crippen LogP contribution in [0.2, 0.25) is 0 Å². The van der Waals surface area contributed by atoms with E-state index in [0.717, 1.165) is 70.6 Å². The molecule has 0 spiro atoms. The van der Waals surface area contributed by atoms with Gasteiger partial charge in [-0.2, -0.15) is 0 Å². The molecule has 0 saturated heterocycles. The Morgan fingerprint density at radius 1 is 0.339 bits per heavy atom. The van der Waals surface area contributed by atoms with E-state index in [1.807, 2.05) is 0 Å². The lowest BCUT2D eigenvalue weighted by Crippen LogP contribution is -2.30. The molecule has 0 heterocycles. The van der Waals surface area contributed by atoms with Gasteiger partial charge in [0, 0.05) is 19.3 Å². The third kappa shape index (κ3) is 46.8. The van der Waals surface area contributed by atoms with E-state index in [1.54, 1.807) is 0 Å². The molecule has 6 nitrogen and oxygen atoms in total. The van der Waals surface area contributed by atoms with Crippen LogP contribution in [-0.4, -0.2) is 37.2 Å². The number of unbranched alkanes of at least 4 members (excludes halogenated alkanes) is 32. The molecular formula is C53H98O6. The Labute approximate surface area is 366 Å². The van der Waals surface area contributed by atoms with E-state index < -0.39 is 6.10 Å². The smallest absolute Gasteiger partial charge is 0.306 e. The number of carbonyl (C=O) groups excluding carboxylic acids is 3. The van der Waals surface area contributed by atoms with Crippen LogP contribution >= 0.6 is 0 Å². The zero-order chi connectivity index (χ0) is 43.0. The van der Waals surface area contributed by atoms with E-state index in [2.05, 4.69) is 45.1 Å². The van der Waals surface area contributed by atoms with Gasteiger partial charge in [-0.25, -0.2) is 0 Å². The SMILES string of the molecule is CCCCC/C=C\C/C=C\CCCCCCCCCC(=O)OC[C@@H](COC(=O)CCCCCCCCCCCC)OC(=O)CCCCCCCCCCCCCCCC. The zero-order valence-electron chi connectivity index (χ0n) is 39.5. The lowest BCUT2D eigenvalue weighted by Gasteiger charge is -2.18. The molecule has 0 fully saturated rings. The number of ether oxygens (including phenoxy) is 3. The molecular weight excluding hydrogens is 733 g/mol. The monoisotopic (exact) mass is 831 g/mol. The van der Waals surface area contributed by atoms with Crippen LogP contribution in [0.25, 0.3) is 0 Å². The van der Waals surface area contributed by atoms with Gasteiger partial charge in [-0.15, -0.1) is 0 Å². The third-order valence-electron chi connectivity index (χ3n) is 11.5. The van der Waals surface area contributed by atoms with Crippen LogP contribution in [0.15, 0.2) is 24.3 Å². The van der Waals surface area contributed by atoms with Crippen molar-refractivity contribution >= 4 is 17.9 Å². The molecule has 0 aliphatic carbocycles. The first-order valence-corrected chi connectivity index (χ1v) is 25.8. The van der Waals surface area contributed by atoms with Crippen molar-refractivity contribution in [3.63, 3.8) is 0 Å². The van der Waals surface area contributed by atoms with Crippen molar-refractivity contribution in [2.75, 3.05) is 13.2 Å². The fourth-order valence-electron chi connectivity index (χ4n) is 7.53. The summed E-state index contributed by atoms with van der Waals surface area (Å²) in [6.45, 7) is 6.62. The Bertz CT molecular complexity index is 958. The van der Waals surface area contributed by atoms with E-state index in [1.165, 1.54) is 167 Å². The van der Waals surface area contributed by atoms with E-state index in [4.69, 9.17) is 14.2 Å². The van der Waals surface area contributed by atoms with Crippen LogP contribution in [0.3, 0.4) is 0 Å². The van der Waals surface area contributed by atoms with Gasteiger partial charge >= 0.3 is 17.9 Å². The second-order valence-electron chi connectivity index (χ2n) is 17.4. The van der Waals surface area contributed by atoms with Gasteiger partial charge in [0.15, 0.2) is 6.10 Å². The van der Waals surface area contributed by atoms with E-state index in [-0.39, 0.29) is 31.1 Å². The second kappa shape index (κ2) is 48.6. The molecule has 1 atom stereocenters.